The molecule has 1 saturated heterocycles. The van der Waals surface area contributed by atoms with Gasteiger partial charge in [-0.2, -0.15) is 4.31 Å². The lowest BCUT2D eigenvalue weighted by molar-refractivity contribution is 0.0766. The van der Waals surface area contributed by atoms with Gasteiger partial charge in [0.1, 0.15) is 34.5 Å². The van der Waals surface area contributed by atoms with E-state index in [0.717, 1.165) is 11.8 Å². The Balaban J connectivity index is 1.41. The van der Waals surface area contributed by atoms with Gasteiger partial charge in [0.25, 0.3) is 5.91 Å². The number of benzene rings is 2. The molecule has 3 heterocycles. The molecular formula is C21H18FN3O5S. The van der Waals surface area contributed by atoms with Crippen LogP contribution in [0.5, 0.6) is 5.75 Å². The number of hydrogen-bond donors (Lipinski definition) is 1. The van der Waals surface area contributed by atoms with Crippen LogP contribution in [-0.2, 0) is 16.6 Å². The van der Waals surface area contributed by atoms with Crippen molar-refractivity contribution in [1.29, 1.82) is 0 Å². The number of rotatable bonds is 5. The van der Waals surface area contributed by atoms with E-state index in [1.165, 1.54) is 16.4 Å². The third-order valence-electron chi connectivity index (χ3n) is 5.48. The van der Waals surface area contributed by atoms with Crippen molar-refractivity contribution >= 4 is 15.9 Å². The molecule has 2 aliphatic heterocycles. The Hall–Kier alpha value is -3.24. The van der Waals surface area contributed by atoms with Crippen LogP contribution in [-0.4, -0.2) is 43.0 Å². The maximum absolute atomic E-state index is 13.4. The van der Waals surface area contributed by atoms with Crippen LogP contribution in [0.4, 0.5) is 4.39 Å². The van der Waals surface area contributed by atoms with Gasteiger partial charge < -0.3 is 14.6 Å². The number of carbonyl (C=O) groups excluding carboxylic acids is 1. The summed E-state index contributed by atoms with van der Waals surface area (Å²) < 4.78 is 50.9. The zero-order valence-corrected chi connectivity index (χ0v) is 17.3. The zero-order valence-electron chi connectivity index (χ0n) is 16.5. The van der Waals surface area contributed by atoms with Gasteiger partial charge >= 0.3 is 0 Å². The molecule has 0 aliphatic carbocycles. The molecule has 5 rings (SSSR count). The van der Waals surface area contributed by atoms with Crippen LogP contribution in [0.1, 0.15) is 21.6 Å². The summed E-state index contributed by atoms with van der Waals surface area (Å²) >= 11 is 0. The second-order valence-corrected chi connectivity index (χ2v) is 9.43. The van der Waals surface area contributed by atoms with Gasteiger partial charge in [-0.25, -0.2) is 12.8 Å². The minimum Gasteiger partial charge on any atom is -0.487 e. The minimum absolute atomic E-state index is 0.0417. The molecule has 2 aromatic carbocycles. The summed E-state index contributed by atoms with van der Waals surface area (Å²) in [7, 11) is -3.70. The fraction of sp³-hybridized carbons (Fsp3) is 0.238. The van der Waals surface area contributed by atoms with Crippen LogP contribution in [0, 0.1) is 12.7 Å². The quantitative estimate of drug-likeness (QED) is 0.650. The average molecular weight is 443 g/mol. The number of ether oxygens (including phenoxy) is 1. The number of halogens is 1. The van der Waals surface area contributed by atoms with Crippen molar-refractivity contribution in [3.8, 4) is 16.9 Å². The van der Waals surface area contributed by atoms with E-state index in [-0.39, 0.29) is 35.8 Å². The van der Waals surface area contributed by atoms with E-state index in [9.17, 15) is 17.6 Å². The first kappa shape index (κ1) is 19.7. The average Bonchev–Trinajstić information content (AvgIpc) is 3.30. The highest BCUT2D eigenvalue weighted by atomic mass is 32.2. The number of fused-ring (bicyclic) bond motifs is 1. The van der Waals surface area contributed by atoms with Crippen LogP contribution >= 0.6 is 0 Å². The molecule has 3 aromatic rings. The van der Waals surface area contributed by atoms with Gasteiger partial charge in [-0.3, -0.25) is 4.79 Å². The zero-order chi connectivity index (χ0) is 21.8. The second kappa shape index (κ2) is 7.17. The predicted molar refractivity (Wildman–Crippen MR) is 107 cm³/mol. The molecular weight excluding hydrogens is 425 g/mol. The van der Waals surface area contributed by atoms with E-state index in [4.69, 9.17) is 9.26 Å². The molecule has 1 fully saturated rings. The molecule has 0 radical (unpaired) electrons. The van der Waals surface area contributed by atoms with Gasteiger partial charge in [0, 0.05) is 17.7 Å². The topological polar surface area (TPSA) is 102 Å². The van der Waals surface area contributed by atoms with Crippen LogP contribution in [0.3, 0.4) is 0 Å². The minimum atomic E-state index is -3.70. The Morgan fingerprint density at radius 1 is 1.19 bits per heavy atom. The Kier molecular flexibility index (Phi) is 4.56. The van der Waals surface area contributed by atoms with Crippen LogP contribution in [0.15, 0.2) is 52.1 Å². The normalized spacial score (nSPS) is 16.6. The van der Waals surface area contributed by atoms with E-state index in [0.29, 0.717) is 34.7 Å². The van der Waals surface area contributed by atoms with E-state index >= 15 is 0 Å². The van der Waals surface area contributed by atoms with Gasteiger partial charge in [0.05, 0.1) is 13.1 Å². The molecule has 8 nitrogen and oxygen atoms in total. The molecule has 0 bridgehead atoms. The monoisotopic (exact) mass is 443 g/mol. The lowest BCUT2D eigenvalue weighted by atomic mass is 9.98. The maximum atomic E-state index is 13.4. The Morgan fingerprint density at radius 2 is 1.94 bits per heavy atom. The van der Waals surface area contributed by atoms with Crippen molar-refractivity contribution in [2.24, 2.45) is 0 Å². The Morgan fingerprint density at radius 3 is 2.61 bits per heavy atom. The van der Waals surface area contributed by atoms with Crippen molar-refractivity contribution in [3.05, 3.63) is 65.3 Å². The maximum Gasteiger partial charge on any atom is 0.251 e. The first-order valence-corrected chi connectivity index (χ1v) is 11.1. The van der Waals surface area contributed by atoms with Gasteiger partial charge in [0.2, 0.25) is 10.0 Å². The number of aryl methyl sites for hydroxylation is 1. The van der Waals surface area contributed by atoms with Gasteiger partial charge in [0.15, 0.2) is 0 Å². The molecule has 10 heteroatoms. The van der Waals surface area contributed by atoms with Crippen LogP contribution < -0.4 is 10.1 Å². The number of nitrogens with zero attached hydrogens (tertiary/aromatic N) is 2. The third-order valence-corrected chi connectivity index (χ3v) is 7.40. The number of aromatic nitrogens is 1. The van der Waals surface area contributed by atoms with Crippen molar-refractivity contribution < 1.29 is 26.9 Å². The first-order valence-electron chi connectivity index (χ1n) is 9.62. The van der Waals surface area contributed by atoms with Crippen molar-refractivity contribution in [3.63, 3.8) is 0 Å². The van der Waals surface area contributed by atoms with E-state index in [1.54, 1.807) is 31.2 Å². The molecule has 1 N–H and O–H groups in total. The Labute approximate surface area is 177 Å². The SMILES string of the molecule is Cc1nocc1S(=O)(=O)N1CC(Oc2cc3c(cc2-c2ccc(F)cc2)C(=O)NC3)C1. The van der Waals surface area contributed by atoms with Crippen LogP contribution in [0.2, 0.25) is 0 Å². The highest BCUT2D eigenvalue weighted by Gasteiger charge is 2.40. The van der Waals surface area contributed by atoms with Gasteiger partial charge in [-0.1, -0.05) is 17.3 Å². The lowest BCUT2D eigenvalue weighted by Gasteiger charge is -2.38. The van der Waals surface area contributed by atoms with Crippen molar-refractivity contribution in [2.75, 3.05) is 13.1 Å². The highest BCUT2D eigenvalue weighted by Crippen LogP contribution is 2.37. The number of nitrogens with one attached hydrogen (secondary N) is 1. The number of carbonyl (C=O) groups is 1. The molecule has 0 spiro atoms. The molecule has 0 atom stereocenters. The summed E-state index contributed by atoms with van der Waals surface area (Å²) in [5, 5.41) is 6.40. The molecule has 31 heavy (non-hydrogen) atoms. The number of hydrogen-bond acceptors (Lipinski definition) is 6. The molecule has 0 saturated carbocycles. The molecule has 2 aliphatic rings. The number of amides is 1. The molecule has 0 unspecified atom stereocenters. The first-order chi connectivity index (χ1) is 14.8. The summed E-state index contributed by atoms with van der Waals surface area (Å²) in [6.07, 6.45) is 0.757. The largest absolute Gasteiger partial charge is 0.487 e. The predicted octanol–water partition coefficient (Wildman–Crippen LogP) is 2.48. The van der Waals surface area contributed by atoms with Gasteiger partial charge in [-0.05, 0) is 42.3 Å². The van der Waals surface area contributed by atoms with Crippen molar-refractivity contribution in [1.82, 2.24) is 14.8 Å². The van der Waals surface area contributed by atoms with E-state index < -0.39 is 10.0 Å². The third kappa shape index (κ3) is 3.37. The molecule has 160 valence electrons. The smallest absolute Gasteiger partial charge is 0.251 e. The lowest BCUT2D eigenvalue weighted by Crippen LogP contribution is -2.56. The van der Waals surface area contributed by atoms with E-state index in [2.05, 4.69) is 10.5 Å². The summed E-state index contributed by atoms with van der Waals surface area (Å²) in [6, 6.07) is 9.42. The summed E-state index contributed by atoms with van der Waals surface area (Å²) in [6.45, 7) is 2.30. The fourth-order valence-corrected chi connectivity index (χ4v) is 5.30. The second-order valence-electron chi connectivity index (χ2n) is 7.52. The molecule has 1 amide bonds. The molecule has 1 aromatic heterocycles. The fourth-order valence-electron chi connectivity index (χ4n) is 3.72. The van der Waals surface area contributed by atoms with Gasteiger partial charge in [-0.15, -0.1) is 0 Å². The van der Waals surface area contributed by atoms with E-state index in [1.807, 2.05) is 0 Å². The highest BCUT2D eigenvalue weighted by molar-refractivity contribution is 7.89. The van der Waals surface area contributed by atoms with Crippen LogP contribution in [0.25, 0.3) is 11.1 Å². The summed E-state index contributed by atoms with van der Waals surface area (Å²) in [5.41, 5.74) is 3.00. The standard InChI is InChI=1S/C21H18FN3O5S/c1-12-20(11-29-24-12)31(27,28)25-9-16(10-25)30-19-6-14-8-23-21(26)18(14)7-17(19)13-2-4-15(22)5-3-13/h2-7,11,16H,8-10H2,1H3,(H,23,26). The Bertz CT molecular complexity index is 1280. The summed E-state index contributed by atoms with van der Waals surface area (Å²) in [5.74, 6) is -0.0195. The van der Waals surface area contributed by atoms with Crippen molar-refractivity contribution in [2.45, 2.75) is 24.5 Å². The number of sulfonamides is 1. The summed E-state index contributed by atoms with van der Waals surface area (Å²) in [4.78, 5) is 12.1.